The molecule has 0 spiro atoms. The summed E-state index contributed by atoms with van der Waals surface area (Å²) in [6.07, 6.45) is 7.61. The molecule has 1 N–H and O–H groups in total. The topological polar surface area (TPSA) is 12.0 Å². The second-order valence-electron chi connectivity index (χ2n) is 4.70. The third kappa shape index (κ3) is 10.3. The summed E-state index contributed by atoms with van der Waals surface area (Å²) in [5, 5.41) is 4.28. The Labute approximate surface area is 142 Å². The van der Waals surface area contributed by atoms with Gasteiger partial charge in [0.1, 0.15) is 0 Å². The molecule has 2 heteroatoms. The van der Waals surface area contributed by atoms with Gasteiger partial charge >= 0.3 is 0 Å². The highest BCUT2D eigenvalue weighted by Gasteiger charge is 2.04. The van der Waals surface area contributed by atoms with Gasteiger partial charge in [0, 0.05) is 22.8 Å². The maximum atomic E-state index is 6.05. The van der Waals surface area contributed by atoms with Gasteiger partial charge in [-0.2, -0.15) is 0 Å². The number of halogens is 1. The van der Waals surface area contributed by atoms with Crippen molar-refractivity contribution < 1.29 is 0 Å². The number of hydrogen-bond donors (Lipinski definition) is 1. The van der Waals surface area contributed by atoms with Gasteiger partial charge in [-0.05, 0) is 51.0 Å². The van der Waals surface area contributed by atoms with Gasteiger partial charge in [-0.3, -0.25) is 0 Å². The van der Waals surface area contributed by atoms with Crippen LogP contribution in [-0.4, -0.2) is 6.54 Å². The molecule has 0 radical (unpaired) electrons. The van der Waals surface area contributed by atoms with E-state index in [-0.39, 0.29) is 0 Å². The van der Waals surface area contributed by atoms with E-state index in [9.17, 15) is 0 Å². The summed E-state index contributed by atoms with van der Waals surface area (Å²) >= 11 is 6.05. The van der Waals surface area contributed by atoms with Crippen molar-refractivity contribution in [1.29, 1.82) is 0 Å². The number of unbranched alkanes of at least 4 members (excludes halogenated alkanes) is 2. The number of allylic oxidation sites excluding steroid dienone is 3. The third-order valence-corrected chi connectivity index (χ3v) is 3.17. The van der Waals surface area contributed by atoms with Crippen molar-refractivity contribution in [2.75, 3.05) is 11.9 Å². The molecule has 1 rings (SSSR count). The lowest BCUT2D eigenvalue weighted by Gasteiger charge is -2.12. The molecule has 1 nitrogen and oxygen atoms in total. The molecule has 0 saturated heterocycles. The average Bonchev–Trinajstić information content (AvgIpc) is 2.54. The first-order valence-electron chi connectivity index (χ1n) is 7.84. The average molecular weight is 322 g/mol. The maximum absolute atomic E-state index is 6.05. The summed E-state index contributed by atoms with van der Waals surface area (Å²) in [7, 11) is 0. The molecule has 0 unspecified atom stereocenters. The fourth-order valence-corrected chi connectivity index (χ4v) is 1.92. The Morgan fingerprint density at radius 1 is 1.23 bits per heavy atom. The van der Waals surface area contributed by atoms with Crippen LogP contribution >= 0.6 is 11.6 Å². The van der Waals surface area contributed by atoms with E-state index < -0.39 is 0 Å². The maximum Gasteiger partial charge on any atom is 0.0417 e. The number of benzene rings is 1. The molecular weight excluding hydrogens is 290 g/mol. The van der Waals surface area contributed by atoms with Gasteiger partial charge in [-0.1, -0.05) is 43.5 Å². The van der Waals surface area contributed by atoms with Crippen molar-refractivity contribution in [2.45, 2.75) is 47.0 Å². The Morgan fingerprint density at radius 2 is 1.82 bits per heavy atom. The van der Waals surface area contributed by atoms with Gasteiger partial charge in [-0.15, -0.1) is 19.7 Å². The lowest BCUT2D eigenvalue weighted by atomic mass is 10.0. The molecule has 1 aromatic rings. The summed E-state index contributed by atoms with van der Waals surface area (Å²) in [6.45, 7) is 18.7. The number of hydrogen-bond acceptors (Lipinski definition) is 1. The smallest absolute Gasteiger partial charge is 0.0417 e. The second-order valence-corrected chi connectivity index (χ2v) is 5.14. The van der Waals surface area contributed by atoms with Gasteiger partial charge in [-0.25, -0.2) is 0 Å². The molecule has 0 atom stereocenters. The Morgan fingerprint density at radius 3 is 2.32 bits per heavy atom. The van der Waals surface area contributed by atoms with Gasteiger partial charge < -0.3 is 5.32 Å². The van der Waals surface area contributed by atoms with E-state index in [1.807, 2.05) is 19.1 Å². The van der Waals surface area contributed by atoms with Gasteiger partial charge in [0.2, 0.25) is 0 Å². The molecule has 0 amide bonds. The van der Waals surface area contributed by atoms with Crippen molar-refractivity contribution >= 4 is 22.9 Å². The molecule has 22 heavy (non-hydrogen) atoms. The molecule has 0 aliphatic heterocycles. The quantitative estimate of drug-likeness (QED) is 0.426. The minimum atomic E-state index is 0.792. The Balaban J connectivity index is 0. The molecule has 124 valence electrons. The van der Waals surface area contributed by atoms with E-state index >= 15 is 0 Å². The normalized spacial score (nSPS) is 9.77. The predicted octanol–water partition coefficient (Wildman–Crippen LogP) is 7.36. The van der Waals surface area contributed by atoms with Crippen LogP contribution in [0.5, 0.6) is 0 Å². The lowest BCUT2D eigenvalue weighted by Crippen LogP contribution is -2.03. The molecule has 0 heterocycles. The first-order valence-corrected chi connectivity index (χ1v) is 8.22. The Kier molecular flexibility index (Phi) is 16.5. The van der Waals surface area contributed by atoms with Gasteiger partial charge in [0.05, 0.1) is 0 Å². The highest BCUT2D eigenvalue weighted by Crippen LogP contribution is 2.27. The zero-order chi connectivity index (χ0) is 17.4. The SMILES string of the molecule is C/C=C(\C)c1cc(Cl)ccc1NCCCCC.C=C.C=CC. The van der Waals surface area contributed by atoms with Crippen molar-refractivity contribution in [1.82, 2.24) is 0 Å². The van der Waals surface area contributed by atoms with E-state index in [4.69, 9.17) is 11.6 Å². The lowest BCUT2D eigenvalue weighted by molar-refractivity contribution is 0.743. The van der Waals surface area contributed by atoms with E-state index in [0.717, 1.165) is 11.6 Å². The van der Waals surface area contributed by atoms with Crippen LogP contribution < -0.4 is 5.32 Å². The molecule has 0 aliphatic rings. The standard InChI is InChI=1S/C15H22ClN.C3H6.C2H4/c1-4-6-7-10-17-15-9-8-13(16)11-14(15)12(3)5-2;1-3-2;1-2/h5,8-9,11,17H,4,6-7,10H2,1-3H3;3H,1H2,2H3;1-2H2/b12-5+;;. The Hall–Kier alpha value is -1.47. The fourth-order valence-electron chi connectivity index (χ4n) is 1.75. The van der Waals surface area contributed by atoms with Crippen molar-refractivity contribution in [3.05, 3.63) is 60.7 Å². The summed E-state index contributed by atoms with van der Waals surface area (Å²) in [5.41, 5.74) is 3.64. The molecular formula is C20H32ClN. The zero-order valence-electron chi connectivity index (χ0n) is 14.7. The van der Waals surface area contributed by atoms with Crippen molar-refractivity contribution in [3.8, 4) is 0 Å². The third-order valence-electron chi connectivity index (χ3n) is 2.94. The number of nitrogens with one attached hydrogen (secondary N) is 1. The fraction of sp³-hybridized carbons (Fsp3) is 0.400. The first-order chi connectivity index (χ1) is 10.6. The van der Waals surface area contributed by atoms with Gasteiger partial charge in [0.25, 0.3) is 0 Å². The van der Waals surface area contributed by atoms with E-state index in [0.29, 0.717) is 0 Å². The molecule has 0 aromatic heterocycles. The van der Waals surface area contributed by atoms with Crippen LogP contribution in [0.1, 0.15) is 52.5 Å². The summed E-state index contributed by atoms with van der Waals surface area (Å²) in [5.74, 6) is 0. The molecule has 0 aliphatic carbocycles. The number of anilines is 1. The van der Waals surface area contributed by atoms with Crippen LogP contribution in [0.25, 0.3) is 5.57 Å². The van der Waals surface area contributed by atoms with Crippen molar-refractivity contribution in [3.63, 3.8) is 0 Å². The first kappa shape index (κ1) is 22.8. The van der Waals surface area contributed by atoms with Crippen LogP contribution in [-0.2, 0) is 0 Å². The van der Waals surface area contributed by atoms with Crippen LogP contribution in [0.3, 0.4) is 0 Å². The summed E-state index contributed by atoms with van der Waals surface area (Å²) < 4.78 is 0. The highest BCUT2D eigenvalue weighted by molar-refractivity contribution is 6.30. The molecule has 0 saturated carbocycles. The molecule has 1 aromatic carbocycles. The van der Waals surface area contributed by atoms with E-state index in [1.165, 1.54) is 36.1 Å². The van der Waals surface area contributed by atoms with Crippen LogP contribution in [0.15, 0.2) is 50.1 Å². The molecule has 0 fully saturated rings. The number of rotatable bonds is 6. The Bertz CT molecular complexity index is 435. The minimum Gasteiger partial charge on any atom is -0.385 e. The van der Waals surface area contributed by atoms with Crippen molar-refractivity contribution in [2.24, 2.45) is 0 Å². The minimum absolute atomic E-state index is 0.792. The van der Waals surface area contributed by atoms with Gasteiger partial charge in [0.15, 0.2) is 0 Å². The second kappa shape index (κ2) is 15.9. The zero-order valence-corrected chi connectivity index (χ0v) is 15.5. The monoisotopic (exact) mass is 321 g/mol. The summed E-state index contributed by atoms with van der Waals surface area (Å²) in [6, 6.07) is 6.03. The largest absolute Gasteiger partial charge is 0.385 e. The predicted molar refractivity (Wildman–Crippen MR) is 106 cm³/mol. The van der Waals surface area contributed by atoms with Crippen LogP contribution in [0.4, 0.5) is 5.69 Å². The van der Waals surface area contributed by atoms with Crippen LogP contribution in [0.2, 0.25) is 5.02 Å². The van der Waals surface area contributed by atoms with E-state index in [2.05, 4.69) is 58.0 Å². The van der Waals surface area contributed by atoms with E-state index in [1.54, 1.807) is 6.08 Å². The molecule has 0 bridgehead atoms. The van der Waals surface area contributed by atoms with Crippen LogP contribution in [0, 0.1) is 0 Å². The highest BCUT2D eigenvalue weighted by atomic mass is 35.5. The summed E-state index contributed by atoms with van der Waals surface area (Å²) in [4.78, 5) is 0.